The quantitative estimate of drug-likeness (QED) is 0.380. The Morgan fingerprint density at radius 2 is 1.94 bits per heavy atom. The number of aromatic nitrogens is 4. The first-order chi connectivity index (χ1) is 16.3. The van der Waals surface area contributed by atoms with Gasteiger partial charge in [-0.15, -0.1) is 0 Å². The van der Waals surface area contributed by atoms with E-state index in [0.29, 0.717) is 24.6 Å². The van der Waals surface area contributed by atoms with E-state index < -0.39 is 0 Å². The molecule has 8 heteroatoms. The van der Waals surface area contributed by atoms with Gasteiger partial charge >= 0.3 is 0 Å². The molecule has 0 atom stereocenters. The van der Waals surface area contributed by atoms with E-state index in [-0.39, 0.29) is 5.91 Å². The molecule has 5 aromatic rings. The van der Waals surface area contributed by atoms with E-state index in [0.717, 1.165) is 34.6 Å². The number of imidazole rings is 1. The largest absolute Gasteiger partial charge is 0.467 e. The van der Waals surface area contributed by atoms with Crippen LogP contribution in [-0.2, 0) is 13.0 Å². The summed E-state index contributed by atoms with van der Waals surface area (Å²) in [6.45, 7) is 0.989. The molecule has 0 bridgehead atoms. The smallest absolute Gasteiger partial charge is 0.251 e. The number of hydrogen-bond donors (Lipinski definition) is 2. The molecule has 0 fully saturated rings. The minimum absolute atomic E-state index is 0.134. The first kappa shape index (κ1) is 20.4. The molecular weight excluding hydrogens is 416 g/mol. The van der Waals surface area contributed by atoms with Crippen LogP contribution < -0.4 is 10.6 Å². The molecule has 2 N–H and O–H groups in total. The summed E-state index contributed by atoms with van der Waals surface area (Å²) in [5, 5.41) is 6.13. The number of carbonyl (C=O) groups is 1. The highest BCUT2D eigenvalue weighted by molar-refractivity contribution is 5.94. The van der Waals surface area contributed by atoms with Crippen LogP contribution in [0.3, 0.4) is 0 Å². The second-order valence-corrected chi connectivity index (χ2v) is 7.48. The molecule has 33 heavy (non-hydrogen) atoms. The minimum Gasteiger partial charge on any atom is -0.467 e. The molecule has 164 valence electrons. The number of benzene rings is 2. The van der Waals surface area contributed by atoms with Gasteiger partial charge in [0.25, 0.3) is 5.91 Å². The summed E-state index contributed by atoms with van der Waals surface area (Å²) in [6, 6.07) is 21.0. The van der Waals surface area contributed by atoms with E-state index in [1.165, 1.54) is 0 Å². The van der Waals surface area contributed by atoms with E-state index in [4.69, 9.17) is 4.42 Å². The Morgan fingerprint density at radius 1 is 1.00 bits per heavy atom. The molecule has 0 aliphatic carbocycles. The molecule has 5 rings (SSSR count). The van der Waals surface area contributed by atoms with Gasteiger partial charge in [0.1, 0.15) is 17.9 Å². The van der Waals surface area contributed by atoms with Crippen LogP contribution in [0.15, 0.2) is 89.9 Å². The normalized spacial score (nSPS) is 10.9. The lowest BCUT2D eigenvalue weighted by Crippen LogP contribution is -2.22. The molecule has 3 aromatic heterocycles. The molecule has 0 unspecified atom stereocenters. The van der Waals surface area contributed by atoms with Crippen LogP contribution in [0.2, 0.25) is 0 Å². The minimum atomic E-state index is -0.134. The van der Waals surface area contributed by atoms with Crippen LogP contribution in [-0.4, -0.2) is 32.0 Å². The summed E-state index contributed by atoms with van der Waals surface area (Å²) in [7, 11) is 0. The Labute approximate surface area is 190 Å². The topological polar surface area (TPSA) is 97.9 Å². The SMILES string of the molecule is O=C(NCc1ccco1)c1cccc(CCNc2nccc(-n3cnc4ccccc43)n2)c1. The van der Waals surface area contributed by atoms with Gasteiger partial charge in [-0.3, -0.25) is 9.36 Å². The fraction of sp³-hybridized carbons (Fsp3) is 0.120. The zero-order valence-corrected chi connectivity index (χ0v) is 17.8. The summed E-state index contributed by atoms with van der Waals surface area (Å²) in [5.74, 6) is 1.87. The number of furan rings is 1. The van der Waals surface area contributed by atoms with Gasteiger partial charge in [0.15, 0.2) is 0 Å². The monoisotopic (exact) mass is 438 g/mol. The zero-order valence-electron chi connectivity index (χ0n) is 17.8. The van der Waals surface area contributed by atoms with E-state index in [1.807, 2.05) is 59.2 Å². The highest BCUT2D eigenvalue weighted by Gasteiger charge is 2.08. The van der Waals surface area contributed by atoms with Crippen molar-refractivity contribution in [1.82, 2.24) is 24.8 Å². The third kappa shape index (κ3) is 4.74. The van der Waals surface area contributed by atoms with E-state index >= 15 is 0 Å². The van der Waals surface area contributed by atoms with Gasteiger partial charge < -0.3 is 15.1 Å². The van der Waals surface area contributed by atoms with Gasteiger partial charge in [0.05, 0.1) is 23.8 Å². The van der Waals surface area contributed by atoms with Crippen molar-refractivity contribution in [3.8, 4) is 5.82 Å². The van der Waals surface area contributed by atoms with Crippen molar-refractivity contribution in [3.63, 3.8) is 0 Å². The molecule has 0 radical (unpaired) electrons. The van der Waals surface area contributed by atoms with Gasteiger partial charge in [-0.2, -0.15) is 4.98 Å². The van der Waals surface area contributed by atoms with Crippen molar-refractivity contribution in [2.75, 3.05) is 11.9 Å². The maximum atomic E-state index is 12.4. The number of hydrogen-bond acceptors (Lipinski definition) is 6. The lowest BCUT2D eigenvalue weighted by molar-refractivity contribution is 0.0948. The van der Waals surface area contributed by atoms with E-state index in [2.05, 4.69) is 25.6 Å². The maximum Gasteiger partial charge on any atom is 0.251 e. The van der Waals surface area contributed by atoms with Crippen LogP contribution in [0.4, 0.5) is 5.95 Å². The highest BCUT2D eigenvalue weighted by Crippen LogP contribution is 2.17. The molecular formula is C25H22N6O2. The predicted molar refractivity (Wildman–Crippen MR) is 125 cm³/mol. The second-order valence-electron chi connectivity index (χ2n) is 7.48. The molecule has 1 amide bonds. The van der Waals surface area contributed by atoms with E-state index in [1.54, 1.807) is 30.9 Å². The van der Waals surface area contributed by atoms with Gasteiger partial charge in [0, 0.05) is 18.3 Å². The van der Waals surface area contributed by atoms with Crippen molar-refractivity contribution in [1.29, 1.82) is 0 Å². The van der Waals surface area contributed by atoms with Crippen LogP contribution >= 0.6 is 0 Å². The number of nitrogens with one attached hydrogen (secondary N) is 2. The van der Waals surface area contributed by atoms with Gasteiger partial charge in [-0.1, -0.05) is 24.3 Å². The van der Waals surface area contributed by atoms with Crippen molar-refractivity contribution < 1.29 is 9.21 Å². The van der Waals surface area contributed by atoms with Crippen LogP contribution in [0.1, 0.15) is 21.7 Å². The molecule has 0 aliphatic heterocycles. The van der Waals surface area contributed by atoms with Crippen molar-refractivity contribution in [2.24, 2.45) is 0 Å². The standard InChI is InChI=1S/C25H22N6O2/c32-24(28-16-20-7-4-14-33-20)19-6-3-5-18(15-19)10-12-26-25-27-13-11-23(30-25)31-17-29-21-8-1-2-9-22(21)31/h1-9,11,13-15,17H,10,12,16H2,(H,28,32)(H,26,27,30). The predicted octanol–water partition coefficient (Wildman–Crippen LogP) is 3.99. The summed E-state index contributed by atoms with van der Waals surface area (Å²) in [4.78, 5) is 25.8. The molecule has 0 saturated heterocycles. The number of amides is 1. The summed E-state index contributed by atoms with van der Waals surface area (Å²) < 4.78 is 7.19. The number of carbonyl (C=O) groups excluding carboxylic acids is 1. The molecule has 8 nitrogen and oxygen atoms in total. The number of nitrogens with zero attached hydrogens (tertiary/aromatic N) is 4. The van der Waals surface area contributed by atoms with E-state index in [9.17, 15) is 4.79 Å². The Hall–Kier alpha value is -4.46. The third-order valence-electron chi connectivity index (χ3n) is 5.23. The summed E-state index contributed by atoms with van der Waals surface area (Å²) >= 11 is 0. The fourth-order valence-electron chi connectivity index (χ4n) is 3.58. The summed E-state index contributed by atoms with van der Waals surface area (Å²) in [5.41, 5.74) is 3.57. The number of para-hydroxylation sites is 2. The third-order valence-corrected chi connectivity index (χ3v) is 5.23. The first-order valence-corrected chi connectivity index (χ1v) is 10.7. The molecule has 2 aromatic carbocycles. The Morgan fingerprint density at radius 3 is 2.85 bits per heavy atom. The second kappa shape index (κ2) is 9.35. The van der Waals surface area contributed by atoms with Gasteiger partial charge in [0.2, 0.25) is 5.95 Å². The van der Waals surface area contributed by atoms with Crippen LogP contribution in [0.5, 0.6) is 0 Å². The van der Waals surface area contributed by atoms with Gasteiger partial charge in [-0.25, -0.2) is 9.97 Å². The fourth-order valence-corrected chi connectivity index (χ4v) is 3.58. The van der Waals surface area contributed by atoms with Crippen molar-refractivity contribution in [3.05, 3.63) is 102 Å². The number of rotatable bonds is 8. The van der Waals surface area contributed by atoms with Gasteiger partial charge in [-0.05, 0) is 54.4 Å². The zero-order chi connectivity index (χ0) is 22.5. The summed E-state index contributed by atoms with van der Waals surface area (Å²) in [6.07, 6.45) is 5.80. The molecule has 0 aliphatic rings. The molecule has 0 saturated carbocycles. The molecule has 0 spiro atoms. The van der Waals surface area contributed by atoms with Crippen LogP contribution in [0, 0.1) is 0 Å². The average molecular weight is 438 g/mol. The highest BCUT2D eigenvalue weighted by atomic mass is 16.3. The van der Waals surface area contributed by atoms with Crippen molar-refractivity contribution >= 4 is 22.9 Å². The Balaban J connectivity index is 1.20. The number of fused-ring (bicyclic) bond motifs is 1. The Bertz CT molecular complexity index is 1380. The van der Waals surface area contributed by atoms with Crippen LogP contribution in [0.25, 0.3) is 16.9 Å². The first-order valence-electron chi connectivity index (χ1n) is 10.7. The average Bonchev–Trinajstić information content (AvgIpc) is 3.53. The lowest BCUT2D eigenvalue weighted by Gasteiger charge is -2.09. The number of anilines is 1. The van der Waals surface area contributed by atoms with Crippen molar-refractivity contribution in [2.45, 2.75) is 13.0 Å². The Kier molecular flexibility index (Phi) is 5.79. The lowest BCUT2D eigenvalue weighted by atomic mass is 10.1. The molecule has 3 heterocycles. The maximum absolute atomic E-state index is 12.4.